The van der Waals surface area contributed by atoms with Gasteiger partial charge < -0.3 is 54.8 Å². The summed E-state index contributed by atoms with van der Waals surface area (Å²) in [4.78, 5) is 83.0. The number of hydrogen-bond acceptors (Lipinski definition) is 16. The smallest absolute Gasteiger partial charge is 0.408 e. The van der Waals surface area contributed by atoms with E-state index in [0.717, 1.165) is 6.92 Å². The number of amides is 1. The van der Waals surface area contributed by atoms with E-state index in [1.165, 1.54) is 39.8 Å². The van der Waals surface area contributed by atoms with Crippen LogP contribution in [0.25, 0.3) is 0 Å². The van der Waals surface area contributed by atoms with Crippen molar-refractivity contribution in [3.63, 3.8) is 0 Å². The van der Waals surface area contributed by atoms with Crippen LogP contribution in [0.1, 0.15) is 90.2 Å². The molecule has 3 aliphatic carbocycles. The van der Waals surface area contributed by atoms with Crippen LogP contribution in [0.15, 0.2) is 71.8 Å². The maximum Gasteiger partial charge on any atom is 0.408 e. The number of rotatable bonds is 10. The van der Waals surface area contributed by atoms with Crippen molar-refractivity contribution in [1.29, 1.82) is 0 Å². The number of nitrogens with two attached hydrogens (primary N) is 1. The Bertz CT molecular complexity index is 2120. The third kappa shape index (κ3) is 8.00. The number of Topliss-reactive ketones (excluding diaryl/α,β-unsaturated/α-hetero) is 1. The molecule has 3 fully saturated rings. The highest BCUT2D eigenvalue weighted by Crippen LogP contribution is 2.64. The van der Waals surface area contributed by atoms with E-state index in [2.05, 4.69) is 5.32 Å². The van der Waals surface area contributed by atoms with Gasteiger partial charge >= 0.3 is 30.0 Å². The predicted molar refractivity (Wildman–Crippen MR) is 217 cm³/mol. The maximum atomic E-state index is 15.1. The SMILES string of the molecule is CC(=O)O[C@@]12CO[C@@H]1C[C@H](O)[C@@]1(C)C(=O)[C@H](O)C3=C(C)[C@@H](OC(=O)C(OC(=O)CN)C(NC(=O)OC(C)(C)C)c4ccccc4)C[C@@](O)([C@@H](OC(=O)c4ccccc4)[C@H]21)C3(C)C. The van der Waals surface area contributed by atoms with Gasteiger partial charge in [0, 0.05) is 25.2 Å². The first-order chi connectivity index (χ1) is 28.9. The zero-order valence-electron chi connectivity index (χ0n) is 36.0. The zero-order chi connectivity index (χ0) is 45.7. The van der Waals surface area contributed by atoms with Crippen molar-refractivity contribution in [1.82, 2.24) is 5.32 Å². The molecule has 11 atom stereocenters. The van der Waals surface area contributed by atoms with Crippen molar-refractivity contribution >= 4 is 35.8 Å². The normalized spacial score (nSPS) is 32.2. The number of carbonyl (C=O) groups excluding carboxylic acids is 6. The molecule has 1 saturated heterocycles. The van der Waals surface area contributed by atoms with Gasteiger partial charge in [0.15, 0.2) is 11.4 Å². The standard InChI is InChI=1S/C45H56N2O15/c1-23-27(58-39(54)34(59-30(50)21-46)32(25-15-11-9-12-16-25)47-40(55)62-41(3,4)5)20-45(56)37(60-38(53)26-17-13-10-14-18-26)35-43(8,36(52)33(51)31(23)42(45,6)7)28(49)19-29-44(35,22-57-29)61-24(2)48/h9-18,27-29,32-35,37,49,51,56H,19-22,46H2,1-8H3,(H,47,55)/t27-,28-,29+,32?,33+,34?,35-,37-,43+,44-,45+/m0/s1. The number of aliphatic hydroxyl groups is 3. The molecule has 62 heavy (non-hydrogen) atoms. The third-order valence-corrected chi connectivity index (χ3v) is 13.0. The number of benzene rings is 2. The molecule has 2 saturated carbocycles. The minimum Gasteiger partial charge on any atom is -0.455 e. The number of esters is 4. The van der Waals surface area contributed by atoms with E-state index >= 15 is 4.79 Å². The number of carbonyl (C=O) groups is 6. The third-order valence-electron chi connectivity index (χ3n) is 13.0. The Morgan fingerprint density at radius 2 is 1.58 bits per heavy atom. The summed E-state index contributed by atoms with van der Waals surface area (Å²) in [5, 5.41) is 40.4. The topological polar surface area (TPSA) is 257 Å². The van der Waals surface area contributed by atoms with Gasteiger partial charge in [-0.25, -0.2) is 14.4 Å². The van der Waals surface area contributed by atoms with Crippen molar-refractivity contribution in [2.75, 3.05) is 13.2 Å². The number of hydrogen-bond donors (Lipinski definition) is 5. The summed E-state index contributed by atoms with van der Waals surface area (Å²) in [6, 6.07) is 14.4. The van der Waals surface area contributed by atoms with Gasteiger partial charge in [-0.3, -0.25) is 14.4 Å². The lowest BCUT2D eigenvalue weighted by Gasteiger charge is -2.67. The lowest BCUT2D eigenvalue weighted by Crippen LogP contribution is -2.81. The number of nitrogens with one attached hydrogen (secondary N) is 1. The van der Waals surface area contributed by atoms with Gasteiger partial charge in [0.05, 0.1) is 36.2 Å². The fourth-order valence-electron chi connectivity index (χ4n) is 9.85. The Morgan fingerprint density at radius 1 is 0.968 bits per heavy atom. The lowest BCUT2D eigenvalue weighted by atomic mass is 9.44. The van der Waals surface area contributed by atoms with Crippen LogP contribution in [0, 0.1) is 16.7 Å². The molecule has 1 heterocycles. The number of alkyl carbamates (subject to hydrolysis) is 1. The average molecular weight is 865 g/mol. The molecule has 2 aromatic rings. The predicted octanol–water partition coefficient (Wildman–Crippen LogP) is 2.77. The summed E-state index contributed by atoms with van der Waals surface area (Å²) in [6.45, 7) is 11.0. The van der Waals surface area contributed by atoms with Crippen LogP contribution in [0.3, 0.4) is 0 Å². The molecular formula is C45H56N2O15. The Kier molecular flexibility index (Phi) is 12.6. The number of ether oxygens (including phenoxy) is 6. The lowest BCUT2D eigenvalue weighted by molar-refractivity contribution is -0.346. The monoisotopic (exact) mass is 864 g/mol. The summed E-state index contributed by atoms with van der Waals surface area (Å²) in [5.41, 5.74) is -2.89. The fourth-order valence-corrected chi connectivity index (χ4v) is 9.85. The molecule has 2 aromatic carbocycles. The van der Waals surface area contributed by atoms with E-state index in [-0.39, 0.29) is 29.7 Å². The van der Waals surface area contributed by atoms with E-state index in [1.807, 2.05) is 0 Å². The van der Waals surface area contributed by atoms with Gasteiger partial charge in [0.1, 0.15) is 41.7 Å². The molecule has 0 spiro atoms. The second-order valence-electron chi connectivity index (χ2n) is 18.2. The molecule has 6 rings (SSSR count). The van der Waals surface area contributed by atoms with E-state index in [1.54, 1.807) is 69.3 Å². The zero-order valence-corrected chi connectivity index (χ0v) is 36.0. The van der Waals surface area contributed by atoms with Gasteiger partial charge in [-0.05, 0) is 63.5 Å². The first kappa shape index (κ1) is 46.3. The average Bonchev–Trinajstić information content (AvgIpc) is 3.20. The van der Waals surface area contributed by atoms with E-state index in [4.69, 9.17) is 34.2 Å². The van der Waals surface area contributed by atoms with Crippen molar-refractivity contribution in [2.24, 2.45) is 22.5 Å². The van der Waals surface area contributed by atoms with Crippen molar-refractivity contribution in [3.05, 3.63) is 82.9 Å². The van der Waals surface area contributed by atoms with E-state index < -0.39 is 125 Å². The Morgan fingerprint density at radius 3 is 2.13 bits per heavy atom. The van der Waals surface area contributed by atoms with Crippen LogP contribution in [-0.4, -0.2) is 118 Å². The van der Waals surface area contributed by atoms with Crippen LogP contribution in [0.4, 0.5) is 4.79 Å². The van der Waals surface area contributed by atoms with Gasteiger partial charge in [0.2, 0.25) is 6.10 Å². The molecule has 336 valence electrons. The molecule has 2 bridgehead atoms. The first-order valence-corrected chi connectivity index (χ1v) is 20.5. The van der Waals surface area contributed by atoms with Crippen molar-refractivity contribution in [3.8, 4) is 0 Å². The van der Waals surface area contributed by atoms with Gasteiger partial charge in [-0.1, -0.05) is 62.4 Å². The fraction of sp³-hybridized carbons (Fsp3) is 0.556. The molecule has 6 N–H and O–H groups in total. The highest BCUT2D eigenvalue weighted by Gasteiger charge is 2.78. The van der Waals surface area contributed by atoms with Gasteiger partial charge in [-0.2, -0.15) is 0 Å². The molecule has 1 aliphatic heterocycles. The Labute approximate surface area is 359 Å². The van der Waals surface area contributed by atoms with Crippen molar-refractivity contribution < 1.29 is 72.5 Å². The second-order valence-corrected chi connectivity index (χ2v) is 18.2. The van der Waals surface area contributed by atoms with Gasteiger partial charge in [-0.15, -0.1) is 0 Å². The molecular weight excluding hydrogens is 808 g/mol. The maximum absolute atomic E-state index is 15.1. The highest BCUT2D eigenvalue weighted by molar-refractivity contribution is 5.94. The minimum absolute atomic E-state index is 0.0584. The second kappa shape index (κ2) is 16.8. The summed E-state index contributed by atoms with van der Waals surface area (Å²) in [5.74, 6) is -6.51. The molecule has 17 heteroatoms. The molecule has 4 aliphatic rings. The summed E-state index contributed by atoms with van der Waals surface area (Å²) in [7, 11) is 0. The molecule has 1 amide bonds. The molecule has 17 nitrogen and oxygen atoms in total. The molecule has 2 unspecified atom stereocenters. The van der Waals surface area contributed by atoms with Crippen LogP contribution >= 0.6 is 0 Å². The quantitative estimate of drug-likeness (QED) is 0.131. The van der Waals surface area contributed by atoms with Gasteiger partial charge in [0.25, 0.3) is 0 Å². The Balaban J connectivity index is 1.53. The van der Waals surface area contributed by atoms with Crippen LogP contribution < -0.4 is 11.1 Å². The first-order valence-electron chi connectivity index (χ1n) is 20.5. The van der Waals surface area contributed by atoms with Crippen LogP contribution in [0.2, 0.25) is 0 Å². The Hall–Kier alpha value is -5.20. The van der Waals surface area contributed by atoms with Crippen molar-refractivity contribution in [2.45, 2.75) is 128 Å². The summed E-state index contributed by atoms with van der Waals surface area (Å²) < 4.78 is 35.4. The molecule has 0 radical (unpaired) electrons. The summed E-state index contributed by atoms with van der Waals surface area (Å²) >= 11 is 0. The number of fused-ring (bicyclic) bond motifs is 5. The largest absolute Gasteiger partial charge is 0.455 e. The highest BCUT2D eigenvalue weighted by atomic mass is 16.6. The number of aliphatic hydroxyl groups excluding tert-OH is 2. The van der Waals surface area contributed by atoms with Crippen LogP contribution in [0.5, 0.6) is 0 Å². The molecule has 0 aromatic heterocycles. The number of ketones is 1. The minimum atomic E-state index is -2.41. The summed E-state index contributed by atoms with van der Waals surface area (Å²) in [6.07, 6.45) is -11.7. The van der Waals surface area contributed by atoms with E-state index in [0.29, 0.717) is 5.56 Å². The van der Waals surface area contributed by atoms with Crippen LogP contribution in [-0.2, 0) is 47.6 Å². The van der Waals surface area contributed by atoms with E-state index in [9.17, 15) is 39.3 Å².